The zero-order valence-electron chi connectivity index (χ0n) is 11.8. The molecule has 0 bridgehead atoms. The van der Waals surface area contributed by atoms with Gasteiger partial charge in [0.2, 0.25) is 23.2 Å². The predicted molar refractivity (Wildman–Crippen MR) is 80.0 cm³/mol. The molecule has 0 saturated heterocycles. The van der Waals surface area contributed by atoms with Gasteiger partial charge in [-0.3, -0.25) is 9.59 Å². The van der Waals surface area contributed by atoms with Crippen LogP contribution in [0.5, 0.6) is 0 Å². The molecule has 106 valence electrons. The molecule has 4 heteroatoms. The van der Waals surface area contributed by atoms with Crippen LogP contribution < -0.4 is 0 Å². The van der Waals surface area contributed by atoms with Crippen molar-refractivity contribution in [2.75, 3.05) is 0 Å². The topological polar surface area (TPSA) is 60.2 Å². The standard InChI is InChI=1S/C18H11NO3/c1-10-5-4-6-11(9-10)18-19-14-15(20)12-7-2-3-8-13(12)16(21)17(14)22-18/h2-9H,1H3. The van der Waals surface area contributed by atoms with Crippen LogP contribution in [0.15, 0.2) is 52.9 Å². The van der Waals surface area contributed by atoms with Crippen molar-refractivity contribution in [3.63, 3.8) is 0 Å². The van der Waals surface area contributed by atoms with Gasteiger partial charge in [0.15, 0.2) is 5.69 Å². The van der Waals surface area contributed by atoms with Crippen molar-refractivity contribution >= 4 is 11.6 Å². The van der Waals surface area contributed by atoms with E-state index in [1.165, 1.54) is 0 Å². The molecule has 4 nitrogen and oxygen atoms in total. The van der Waals surface area contributed by atoms with E-state index in [1.54, 1.807) is 24.3 Å². The lowest BCUT2D eigenvalue weighted by Gasteiger charge is -2.10. The van der Waals surface area contributed by atoms with Gasteiger partial charge in [-0.15, -0.1) is 0 Å². The SMILES string of the molecule is Cc1cccc(-c2nc3c(o2)C(=O)c2ccccc2C3=O)c1. The molecule has 0 fully saturated rings. The van der Waals surface area contributed by atoms with Crippen LogP contribution in [0.25, 0.3) is 11.5 Å². The number of oxazole rings is 1. The Morgan fingerprint density at radius 3 is 2.36 bits per heavy atom. The quantitative estimate of drug-likeness (QED) is 0.538. The summed E-state index contributed by atoms with van der Waals surface area (Å²) in [6.45, 7) is 1.96. The van der Waals surface area contributed by atoms with Gasteiger partial charge in [0, 0.05) is 16.7 Å². The Balaban J connectivity index is 1.90. The maximum Gasteiger partial charge on any atom is 0.231 e. The molecule has 0 saturated carbocycles. The summed E-state index contributed by atoms with van der Waals surface area (Å²) < 4.78 is 5.61. The van der Waals surface area contributed by atoms with E-state index in [2.05, 4.69) is 4.98 Å². The fraction of sp³-hybridized carbons (Fsp3) is 0.0556. The zero-order chi connectivity index (χ0) is 15.3. The number of benzene rings is 2. The van der Waals surface area contributed by atoms with Gasteiger partial charge >= 0.3 is 0 Å². The van der Waals surface area contributed by atoms with Crippen LogP contribution in [0.2, 0.25) is 0 Å². The molecule has 0 unspecified atom stereocenters. The van der Waals surface area contributed by atoms with E-state index in [9.17, 15) is 9.59 Å². The molecule has 0 radical (unpaired) electrons. The molecule has 0 N–H and O–H groups in total. The Labute approximate surface area is 126 Å². The number of aromatic nitrogens is 1. The first kappa shape index (κ1) is 12.7. The average molecular weight is 289 g/mol. The Bertz CT molecular complexity index is 885. The third-order valence-electron chi connectivity index (χ3n) is 3.73. The minimum atomic E-state index is -0.295. The second-order valence-corrected chi connectivity index (χ2v) is 5.27. The van der Waals surface area contributed by atoms with E-state index >= 15 is 0 Å². The highest BCUT2D eigenvalue weighted by molar-refractivity contribution is 6.26. The Morgan fingerprint density at radius 1 is 0.909 bits per heavy atom. The first-order valence-corrected chi connectivity index (χ1v) is 6.91. The molecule has 0 atom stereocenters. The molecule has 1 aliphatic carbocycles. The number of hydrogen-bond acceptors (Lipinski definition) is 4. The highest BCUT2D eigenvalue weighted by atomic mass is 16.4. The van der Waals surface area contributed by atoms with Crippen LogP contribution in [0.3, 0.4) is 0 Å². The lowest BCUT2D eigenvalue weighted by molar-refractivity contribution is 0.0959. The molecule has 0 spiro atoms. The number of rotatable bonds is 1. The van der Waals surface area contributed by atoms with Crippen LogP contribution in [0.4, 0.5) is 0 Å². The molecule has 2 aromatic carbocycles. The predicted octanol–water partition coefficient (Wildman–Crippen LogP) is 3.43. The van der Waals surface area contributed by atoms with Crippen LogP contribution in [0, 0.1) is 6.92 Å². The Kier molecular flexibility index (Phi) is 2.60. The van der Waals surface area contributed by atoms with E-state index in [0.717, 1.165) is 11.1 Å². The normalized spacial score (nSPS) is 13.0. The van der Waals surface area contributed by atoms with Gasteiger partial charge < -0.3 is 4.42 Å². The summed E-state index contributed by atoms with van der Waals surface area (Å²) in [7, 11) is 0. The molecule has 1 aromatic heterocycles. The first-order chi connectivity index (χ1) is 10.6. The summed E-state index contributed by atoms with van der Waals surface area (Å²) in [5.41, 5.74) is 2.64. The largest absolute Gasteiger partial charge is 0.432 e. The third-order valence-corrected chi connectivity index (χ3v) is 3.73. The zero-order valence-corrected chi connectivity index (χ0v) is 11.8. The summed E-state index contributed by atoms with van der Waals surface area (Å²) in [6.07, 6.45) is 0. The van der Waals surface area contributed by atoms with Crippen LogP contribution in [0.1, 0.15) is 37.7 Å². The van der Waals surface area contributed by atoms with Gasteiger partial charge in [0.1, 0.15) is 0 Å². The number of carbonyl (C=O) groups excluding carboxylic acids is 2. The number of carbonyl (C=O) groups is 2. The molecule has 3 aromatic rings. The lowest BCUT2D eigenvalue weighted by Crippen LogP contribution is -2.19. The summed E-state index contributed by atoms with van der Waals surface area (Å²) in [5.74, 6) is -0.243. The smallest absolute Gasteiger partial charge is 0.231 e. The molecule has 1 heterocycles. The highest BCUT2D eigenvalue weighted by Gasteiger charge is 2.35. The summed E-state index contributed by atoms with van der Waals surface area (Å²) in [5, 5.41) is 0. The molecule has 1 aliphatic rings. The minimum Gasteiger partial charge on any atom is -0.432 e. The van der Waals surface area contributed by atoms with Crippen LogP contribution in [-0.4, -0.2) is 16.6 Å². The molecule has 4 rings (SSSR count). The van der Waals surface area contributed by atoms with Crippen molar-refractivity contribution in [2.24, 2.45) is 0 Å². The van der Waals surface area contributed by atoms with Crippen molar-refractivity contribution in [3.8, 4) is 11.5 Å². The van der Waals surface area contributed by atoms with E-state index < -0.39 is 0 Å². The second kappa shape index (κ2) is 4.49. The van der Waals surface area contributed by atoms with Gasteiger partial charge in [-0.05, 0) is 19.1 Å². The van der Waals surface area contributed by atoms with Crippen LogP contribution >= 0.6 is 0 Å². The van der Waals surface area contributed by atoms with Crippen molar-refractivity contribution in [3.05, 3.63) is 76.7 Å². The van der Waals surface area contributed by atoms with E-state index in [1.807, 2.05) is 31.2 Å². The van der Waals surface area contributed by atoms with Gasteiger partial charge in [0.05, 0.1) is 0 Å². The van der Waals surface area contributed by atoms with Crippen LogP contribution in [-0.2, 0) is 0 Å². The second-order valence-electron chi connectivity index (χ2n) is 5.27. The van der Waals surface area contributed by atoms with Gasteiger partial charge in [-0.25, -0.2) is 4.98 Å². The maximum atomic E-state index is 12.5. The van der Waals surface area contributed by atoms with Crippen molar-refractivity contribution in [2.45, 2.75) is 6.92 Å². The van der Waals surface area contributed by atoms with Crippen molar-refractivity contribution < 1.29 is 14.0 Å². The highest BCUT2D eigenvalue weighted by Crippen LogP contribution is 2.31. The number of nitrogens with zero attached hydrogens (tertiary/aromatic N) is 1. The summed E-state index contributed by atoms with van der Waals surface area (Å²) >= 11 is 0. The van der Waals surface area contributed by atoms with Gasteiger partial charge in [0.25, 0.3) is 0 Å². The van der Waals surface area contributed by atoms with Crippen molar-refractivity contribution in [1.29, 1.82) is 0 Å². The number of aryl methyl sites for hydroxylation is 1. The fourth-order valence-corrected chi connectivity index (χ4v) is 2.66. The number of hydrogen-bond donors (Lipinski definition) is 0. The first-order valence-electron chi connectivity index (χ1n) is 6.91. The van der Waals surface area contributed by atoms with Crippen molar-refractivity contribution in [1.82, 2.24) is 4.98 Å². The Hall–Kier alpha value is -3.01. The summed E-state index contributed by atoms with van der Waals surface area (Å²) in [4.78, 5) is 29.2. The lowest BCUT2D eigenvalue weighted by atomic mass is 9.91. The Morgan fingerprint density at radius 2 is 1.64 bits per heavy atom. The van der Waals surface area contributed by atoms with E-state index in [0.29, 0.717) is 17.0 Å². The third kappa shape index (κ3) is 1.74. The molecular formula is C18H11NO3. The number of ketones is 2. The number of fused-ring (bicyclic) bond motifs is 2. The monoisotopic (exact) mass is 289 g/mol. The minimum absolute atomic E-state index is 0.0280. The average Bonchev–Trinajstić information content (AvgIpc) is 2.98. The van der Waals surface area contributed by atoms with E-state index in [-0.39, 0.29) is 23.0 Å². The maximum absolute atomic E-state index is 12.5. The molecule has 0 amide bonds. The van der Waals surface area contributed by atoms with Gasteiger partial charge in [-0.2, -0.15) is 0 Å². The fourth-order valence-electron chi connectivity index (χ4n) is 2.66. The van der Waals surface area contributed by atoms with E-state index in [4.69, 9.17) is 4.42 Å². The molecular weight excluding hydrogens is 278 g/mol. The summed E-state index contributed by atoms with van der Waals surface area (Å²) in [6, 6.07) is 14.3. The van der Waals surface area contributed by atoms with Gasteiger partial charge in [-0.1, -0.05) is 42.0 Å². The molecule has 22 heavy (non-hydrogen) atoms. The molecule has 0 aliphatic heterocycles.